The van der Waals surface area contributed by atoms with Gasteiger partial charge in [0.15, 0.2) is 0 Å². The molecule has 142 valence electrons. The van der Waals surface area contributed by atoms with E-state index in [0.717, 1.165) is 34.4 Å². The molecule has 0 fully saturated rings. The van der Waals surface area contributed by atoms with Crippen molar-refractivity contribution in [1.82, 2.24) is 10.3 Å². The molecule has 1 aliphatic heterocycles. The summed E-state index contributed by atoms with van der Waals surface area (Å²) in [6.07, 6.45) is 1.57. The average molecular weight is 366 g/mol. The lowest BCUT2D eigenvalue weighted by molar-refractivity contribution is 0.184. The molecule has 3 N–H and O–H groups in total. The smallest absolute Gasteiger partial charge is 0.337 e. The van der Waals surface area contributed by atoms with Gasteiger partial charge in [0, 0.05) is 23.9 Å². The molecular weight excluding hydrogens is 340 g/mol. The molecule has 0 bridgehead atoms. The van der Waals surface area contributed by atoms with Crippen LogP contribution in [-0.4, -0.2) is 37.0 Å². The Labute approximate surface area is 160 Å². The van der Waals surface area contributed by atoms with E-state index in [4.69, 9.17) is 15.6 Å². The molecule has 0 spiro atoms. The van der Waals surface area contributed by atoms with Crippen molar-refractivity contribution in [3.05, 3.63) is 58.7 Å². The second-order valence-corrected chi connectivity index (χ2v) is 6.70. The van der Waals surface area contributed by atoms with Crippen LogP contribution in [-0.2, 0) is 12.8 Å². The highest BCUT2D eigenvalue weighted by molar-refractivity contribution is 6.14. The number of hydrogen-bond donors (Lipinski definition) is 2. The van der Waals surface area contributed by atoms with Gasteiger partial charge in [0.1, 0.15) is 5.75 Å². The Morgan fingerprint density at radius 2 is 2.15 bits per heavy atom. The fraction of sp³-hybridized carbons (Fsp3) is 0.333. The van der Waals surface area contributed by atoms with Crippen molar-refractivity contribution in [3.8, 4) is 5.75 Å². The van der Waals surface area contributed by atoms with Crippen LogP contribution in [0.1, 0.15) is 36.1 Å². The number of urea groups is 1. The first kappa shape index (κ1) is 18.8. The van der Waals surface area contributed by atoms with Crippen LogP contribution < -0.4 is 15.8 Å². The second-order valence-electron chi connectivity index (χ2n) is 6.70. The van der Waals surface area contributed by atoms with Crippen LogP contribution >= 0.6 is 0 Å². The fourth-order valence-electron chi connectivity index (χ4n) is 3.46. The van der Waals surface area contributed by atoms with Gasteiger partial charge in [0.25, 0.3) is 0 Å². The maximum atomic E-state index is 12.4. The number of fused-ring (bicyclic) bond motifs is 1. The Morgan fingerprint density at radius 1 is 1.37 bits per heavy atom. The van der Waals surface area contributed by atoms with Crippen molar-refractivity contribution in [1.29, 1.82) is 0 Å². The minimum atomic E-state index is -0.237. The standard InChI is InChI=1S/C21H26N4O2/c1-5-14-10-16-9-13(2)25(21(26)23-3)24-20(18(16)12-19(14)27-4)15-7-6-8-17(22)11-15/h6-8,10-13H,5,9,22H2,1-4H3,(H,23,26). The Bertz CT molecular complexity index is 892. The third-order valence-electron chi connectivity index (χ3n) is 4.86. The van der Waals surface area contributed by atoms with Gasteiger partial charge < -0.3 is 15.8 Å². The number of hydrogen-bond acceptors (Lipinski definition) is 4. The molecule has 0 aromatic heterocycles. The van der Waals surface area contributed by atoms with Crippen LogP contribution in [0.2, 0.25) is 0 Å². The number of carbonyl (C=O) groups is 1. The summed E-state index contributed by atoms with van der Waals surface area (Å²) in [4.78, 5) is 12.4. The van der Waals surface area contributed by atoms with E-state index < -0.39 is 0 Å². The van der Waals surface area contributed by atoms with Crippen LogP contribution in [0.15, 0.2) is 41.5 Å². The largest absolute Gasteiger partial charge is 0.496 e. The Kier molecular flexibility index (Phi) is 5.35. The number of ether oxygens (including phenoxy) is 1. The zero-order valence-electron chi connectivity index (χ0n) is 16.2. The highest BCUT2D eigenvalue weighted by atomic mass is 16.5. The van der Waals surface area contributed by atoms with Gasteiger partial charge in [0.2, 0.25) is 0 Å². The monoisotopic (exact) mass is 366 g/mol. The van der Waals surface area contributed by atoms with E-state index in [1.54, 1.807) is 14.2 Å². The molecule has 27 heavy (non-hydrogen) atoms. The lowest BCUT2D eigenvalue weighted by Gasteiger charge is -2.22. The first-order valence-electron chi connectivity index (χ1n) is 9.14. The van der Waals surface area contributed by atoms with Crippen molar-refractivity contribution in [2.75, 3.05) is 19.9 Å². The molecule has 6 nitrogen and oxygen atoms in total. The number of hydrazone groups is 1. The molecule has 1 heterocycles. The first-order valence-corrected chi connectivity index (χ1v) is 9.14. The number of methoxy groups -OCH3 is 1. The van der Waals surface area contributed by atoms with Crippen LogP contribution in [0, 0.1) is 0 Å². The van der Waals surface area contributed by atoms with E-state index in [0.29, 0.717) is 17.8 Å². The first-order chi connectivity index (χ1) is 13.0. The van der Waals surface area contributed by atoms with Gasteiger partial charge in [0.05, 0.1) is 18.9 Å². The molecule has 1 aliphatic rings. The fourth-order valence-corrected chi connectivity index (χ4v) is 3.46. The van der Waals surface area contributed by atoms with Crippen LogP contribution in [0.25, 0.3) is 0 Å². The third kappa shape index (κ3) is 3.60. The maximum absolute atomic E-state index is 12.4. The zero-order chi connectivity index (χ0) is 19.6. The van der Waals surface area contributed by atoms with Crippen LogP contribution in [0.3, 0.4) is 0 Å². The van der Waals surface area contributed by atoms with Gasteiger partial charge in [-0.2, -0.15) is 5.10 Å². The SMILES string of the molecule is CCc1cc2c(cc1OC)C(c1cccc(N)c1)=NN(C(=O)NC)C(C)C2. The molecule has 1 atom stereocenters. The Hall–Kier alpha value is -3.02. The number of amides is 2. The molecule has 2 aromatic rings. The number of anilines is 1. The molecule has 6 heteroatoms. The number of aryl methyl sites for hydroxylation is 1. The summed E-state index contributed by atoms with van der Waals surface area (Å²) in [5.74, 6) is 0.828. The van der Waals surface area contributed by atoms with E-state index >= 15 is 0 Å². The number of benzene rings is 2. The second kappa shape index (κ2) is 7.70. The molecule has 2 aromatic carbocycles. The molecular formula is C21H26N4O2. The minimum Gasteiger partial charge on any atom is -0.496 e. The molecule has 1 unspecified atom stereocenters. The molecule has 2 amide bonds. The highest BCUT2D eigenvalue weighted by Crippen LogP contribution is 2.30. The topological polar surface area (TPSA) is 80.0 Å². The Balaban J connectivity index is 2.26. The molecule has 0 saturated carbocycles. The number of carbonyl (C=O) groups excluding carboxylic acids is 1. The van der Waals surface area contributed by atoms with Gasteiger partial charge in [-0.3, -0.25) is 0 Å². The number of nitrogens with zero attached hydrogens (tertiary/aromatic N) is 2. The minimum absolute atomic E-state index is 0.0830. The van der Waals surface area contributed by atoms with Crippen LogP contribution in [0.4, 0.5) is 10.5 Å². The van der Waals surface area contributed by atoms with Gasteiger partial charge in [-0.05, 0) is 49.1 Å². The van der Waals surface area contributed by atoms with Gasteiger partial charge in [-0.1, -0.05) is 25.1 Å². The van der Waals surface area contributed by atoms with E-state index in [1.807, 2.05) is 37.3 Å². The lowest BCUT2D eigenvalue weighted by Crippen LogP contribution is -2.41. The van der Waals surface area contributed by atoms with E-state index in [1.165, 1.54) is 5.01 Å². The molecule has 3 rings (SSSR count). The van der Waals surface area contributed by atoms with E-state index in [9.17, 15) is 4.79 Å². The van der Waals surface area contributed by atoms with Crippen molar-refractivity contribution in [2.24, 2.45) is 5.10 Å². The molecule has 0 aliphatic carbocycles. The maximum Gasteiger partial charge on any atom is 0.337 e. The van der Waals surface area contributed by atoms with Crippen molar-refractivity contribution in [2.45, 2.75) is 32.7 Å². The van der Waals surface area contributed by atoms with Crippen molar-refractivity contribution < 1.29 is 9.53 Å². The van der Waals surface area contributed by atoms with Crippen LogP contribution in [0.5, 0.6) is 5.75 Å². The predicted octanol–water partition coefficient (Wildman–Crippen LogP) is 3.18. The van der Waals surface area contributed by atoms with Gasteiger partial charge in [-0.25, -0.2) is 9.80 Å². The molecule has 0 saturated heterocycles. The summed E-state index contributed by atoms with van der Waals surface area (Å²) in [5.41, 5.74) is 11.5. The summed E-state index contributed by atoms with van der Waals surface area (Å²) in [7, 11) is 3.29. The highest BCUT2D eigenvalue weighted by Gasteiger charge is 2.27. The summed E-state index contributed by atoms with van der Waals surface area (Å²) in [6.45, 7) is 4.11. The van der Waals surface area contributed by atoms with E-state index in [2.05, 4.69) is 18.3 Å². The third-order valence-corrected chi connectivity index (χ3v) is 4.86. The van der Waals surface area contributed by atoms with E-state index in [-0.39, 0.29) is 12.1 Å². The number of nitrogens with one attached hydrogen (secondary N) is 1. The summed E-state index contributed by atoms with van der Waals surface area (Å²) in [5, 5.41) is 8.93. The Morgan fingerprint density at radius 3 is 2.78 bits per heavy atom. The lowest BCUT2D eigenvalue weighted by atomic mass is 9.92. The molecule has 0 radical (unpaired) electrons. The quantitative estimate of drug-likeness (QED) is 0.819. The summed E-state index contributed by atoms with van der Waals surface area (Å²) < 4.78 is 5.60. The average Bonchev–Trinajstić information content (AvgIpc) is 2.81. The normalized spacial score (nSPS) is 16.2. The number of nitrogen functional groups attached to an aromatic ring is 1. The summed E-state index contributed by atoms with van der Waals surface area (Å²) >= 11 is 0. The number of rotatable bonds is 3. The number of nitrogens with two attached hydrogens (primary N) is 1. The zero-order valence-corrected chi connectivity index (χ0v) is 16.2. The van der Waals surface area contributed by atoms with Gasteiger partial charge in [-0.15, -0.1) is 0 Å². The van der Waals surface area contributed by atoms with Crippen molar-refractivity contribution in [3.63, 3.8) is 0 Å². The van der Waals surface area contributed by atoms with Crippen molar-refractivity contribution >= 4 is 17.4 Å². The van der Waals surface area contributed by atoms with Gasteiger partial charge >= 0.3 is 6.03 Å². The predicted molar refractivity (Wildman–Crippen MR) is 108 cm³/mol. The summed E-state index contributed by atoms with van der Waals surface area (Å²) in [6, 6.07) is 11.4.